The number of benzene rings is 3. The normalized spacial score (nSPS) is 11.5. The molecule has 0 aliphatic carbocycles. The summed E-state index contributed by atoms with van der Waals surface area (Å²) in [6, 6.07) is 12.0. The van der Waals surface area contributed by atoms with Crippen LogP contribution in [0.2, 0.25) is 5.02 Å². The molecule has 2 N–H and O–H groups in total. The first-order chi connectivity index (χ1) is 15.5. The molecule has 0 radical (unpaired) electrons. The Morgan fingerprint density at radius 1 is 1.06 bits per heavy atom. The van der Waals surface area contributed by atoms with Crippen LogP contribution < -0.4 is 10.9 Å². The van der Waals surface area contributed by atoms with Crippen molar-refractivity contribution in [1.82, 2.24) is 9.55 Å². The van der Waals surface area contributed by atoms with Crippen LogP contribution in [0.3, 0.4) is 0 Å². The van der Waals surface area contributed by atoms with Crippen LogP contribution in [0.25, 0.3) is 16.6 Å². The standard InChI is InChI=1S/C22H12ClF4N3O2S/c23-16-10-13(5-7-17(16)24)28-19(31)11-4-6-15-18(8-11)29-21(33)30(20(15)32)14-3-1-2-12(9-14)22(25,26)27/h1-10H,(H,28,31)(H,29,33). The first kappa shape index (κ1) is 22.7. The highest BCUT2D eigenvalue weighted by atomic mass is 35.5. The summed E-state index contributed by atoms with van der Waals surface area (Å²) >= 11 is 10.9. The fraction of sp³-hybridized carbons (Fsp3) is 0.0455. The molecule has 0 saturated heterocycles. The molecule has 0 fully saturated rings. The zero-order valence-corrected chi connectivity index (χ0v) is 17.9. The molecule has 0 aliphatic heterocycles. The van der Waals surface area contributed by atoms with Gasteiger partial charge in [0.25, 0.3) is 11.5 Å². The van der Waals surface area contributed by atoms with Gasteiger partial charge in [0.15, 0.2) is 4.77 Å². The SMILES string of the molecule is O=C(Nc1ccc(F)c(Cl)c1)c1ccc2c(=O)n(-c3cccc(C(F)(F)F)c3)c(=S)[nH]c2c1. The van der Waals surface area contributed by atoms with E-state index in [1.165, 1.54) is 42.5 Å². The van der Waals surface area contributed by atoms with Gasteiger partial charge in [0.1, 0.15) is 5.82 Å². The number of nitrogens with one attached hydrogen (secondary N) is 2. The van der Waals surface area contributed by atoms with E-state index in [4.69, 9.17) is 23.8 Å². The van der Waals surface area contributed by atoms with Crippen LogP contribution in [0.15, 0.2) is 65.5 Å². The third kappa shape index (κ3) is 4.53. The largest absolute Gasteiger partial charge is 0.416 e. The first-order valence-electron chi connectivity index (χ1n) is 9.28. The number of amides is 1. The number of anilines is 1. The molecular formula is C22H12ClF4N3O2S. The minimum absolute atomic E-state index is 0.0482. The summed E-state index contributed by atoms with van der Waals surface area (Å²) in [4.78, 5) is 28.3. The lowest BCUT2D eigenvalue weighted by Crippen LogP contribution is -2.21. The van der Waals surface area contributed by atoms with Crippen LogP contribution >= 0.6 is 23.8 Å². The zero-order chi connectivity index (χ0) is 23.9. The number of rotatable bonds is 3. The molecule has 1 aromatic heterocycles. The molecule has 168 valence electrons. The van der Waals surface area contributed by atoms with E-state index in [2.05, 4.69) is 10.3 Å². The molecule has 3 aromatic carbocycles. The van der Waals surface area contributed by atoms with Gasteiger partial charge in [-0.2, -0.15) is 13.2 Å². The molecule has 33 heavy (non-hydrogen) atoms. The fourth-order valence-corrected chi connectivity index (χ4v) is 3.67. The first-order valence-corrected chi connectivity index (χ1v) is 10.1. The van der Waals surface area contributed by atoms with Crippen molar-refractivity contribution >= 4 is 46.3 Å². The zero-order valence-electron chi connectivity index (χ0n) is 16.3. The summed E-state index contributed by atoms with van der Waals surface area (Å²) < 4.78 is 53.3. The number of H-pyrrole nitrogens is 1. The molecule has 0 spiro atoms. The van der Waals surface area contributed by atoms with Gasteiger partial charge in [-0.1, -0.05) is 17.7 Å². The molecule has 5 nitrogen and oxygen atoms in total. The van der Waals surface area contributed by atoms with Crippen molar-refractivity contribution < 1.29 is 22.4 Å². The smallest absolute Gasteiger partial charge is 0.331 e. The third-order valence-corrected chi connectivity index (χ3v) is 5.34. The van der Waals surface area contributed by atoms with Gasteiger partial charge in [0.05, 0.1) is 27.2 Å². The van der Waals surface area contributed by atoms with E-state index in [1.807, 2.05) is 0 Å². The maximum absolute atomic E-state index is 13.3. The molecule has 4 aromatic rings. The maximum Gasteiger partial charge on any atom is 0.416 e. The summed E-state index contributed by atoms with van der Waals surface area (Å²) in [6.45, 7) is 0. The number of fused-ring (bicyclic) bond motifs is 1. The lowest BCUT2D eigenvalue weighted by atomic mass is 10.1. The topological polar surface area (TPSA) is 66.9 Å². The van der Waals surface area contributed by atoms with Crippen molar-refractivity contribution in [1.29, 1.82) is 0 Å². The Balaban J connectivity index is 1.74. The summed E-state index contributed by atoms with van der Waals surface area (Å²) in [5, 5.41) is 2.51. The summed E-state index contributed by atoms with van der Waals surface area (Å²) in [5.41, 5.74) is -0.977. The van der Waals surface area contributed by atoms with Crippen molar-refractivity contribution in [3.63, 3.8) is 0 Å². The highest BCUT2D eigenvalue weighted by Gasteiger charge is 2.30. The minimum atomic E-state index is -4.58. The van der Waals surface area contributed by atoms with Crippen molar-refractivity contribution in [2.45, 2.75) is 6.18 Å². The Bertz CT molecular complexity index is 1530. The number of alkyl halides is 3. The predicted molar refractivity (Wildman–Crippen MR) is 119 cm³/mol. The van der Waals surface area contributed by atoms with E-state index >= 15 is 0 Å². The molecule has 0 unspecified atom stereocenters. The molecule has 0 atom stereocenters. The van der Waals surface area contributed by atoms with E-state index in [9.17, 15) is 27.2 Å². The molecule has 0 saturated carbocycles. The molecule has 4 rings (SSSR count). The van der Waals surface area contributed by atoms with Crippen LogP contribution in [0.1, 0.15) is 15.9 Å². The average Bonchev–Trinajstić information content (AvgIpc) is 2.75. The van der Waals surface area contributed by atoms with Gasteiger partial charge >= 0.3 is 6.18 Å². The predicted octanol–water partition coefficient (Wildman–Crippen LogP) is 6.11. The van der Waals surface area contributed by atoms with E-state index in [0.29, 0.717) is 0 Å². The van der Waals surface area contributed by atoms with Gasteiger partial charge < -0.3 is 10.3 Å². The Hall–Kier alpha value is -3.50. The third-order valence-electron chi connectivity index (χ3n) is 4.77. The van der Waals surface area contributed by atoms with Gasteiger partial charge in [-0.3, -0.25) is 14.2 Å². The highest BCUT2D eigenvalue weighted by Crippen LogP contribution is 2.30. The number of hydrogen-bond donors (Lipinski definition) is 2. The fourth-order valence-electron chi connectivity index (χ4n) is 3.19. The second-order valence-electron chi connectivity index (χ2n) is 6.96. The average molecular weight is 494 g/mol. The number of carbonyl (C=O) groups excluding carboxylic acids is 1. The molecule has 0 bridgehead atoms. The van der Waals surface area contributed by atoms with Gasteiger partial charge in [0, 0.05) is 11.3 Å². The molecule has 1 amide bonds. The van der Waals surface area contributed by atoms with E-state index in [1.54, 1.807) is 0 Å². The molecule has 1 heterocycles. The van der Waals surface area contributed by atoms with Crippen LogP contribution in [0.4, 0.5) is 23.2 Å². The van der Waals surface area contributed by atoms with Crippen molar-refractivity contribution in [2.75, 3.05) is 5.32 Å². The van der Waals surface area contributed by atoms with Gasteiger partial charge in [-0.15, -0.1) is 0 Å². The number of carbonyl (C=O) groups is 1. The van der Waals surface area contributed by atoms with E-state index in [0.717, 1.165) is 22.8 Å². The molecule has 11 heteroatoms. The van der Waals surface area contributed by atoms with E-state index in [-0.39, 0.29) is 37.6 Å². The summed E-state index contributed by atoms with van der Waals surface area (Å²) in [7, 11) is 0. The van der Waals surface area contributed by atoms with Gasteiger partial charge in [-0.05, 0) is 66.8 Å². The van der Waals surface area contributed by atoms with Crippen molar-refractivity contribution in [3.8, 4) is 5.69 Å². The van der Waals surface area contributed by atoms with Crippen molar-refractivity contribution in [3.05, 3.63) is 97.8 Å². The second kappa shape index (κ2) is 8.45. The van der Waals surface area contributed by atoms with Crippen LogP contribution in [0.5, 0.6) is 0 Å². The Kier molecular flexibility index (Phi) is 5.81. The maximum atomic E-state index is 13.3. The Morgan fingerprint density at radius 2 is 1.82 bits per heavy atom. The van der Waals surface area contributed by atoms with Crippen LogP contribution in [0, 0.1) is 10.6 Å². The van der Waals surface area contributed by atoms with Crippen molar-refractivity contribution in [2.24, 2.45) is 0 Å². The van der Waals surface area contributed by atoms with Gasteiger partial charge in [0.2, 0.25) is 0 Å². The summed E-state index contributed by atoms with van der Waals surface area (Å²) in [6.07, 6.45) is -4.58. The number of aromatic amines is 1. The van der Waals surface area contributed by atoms with Crippen LogP contribution in [-0.4, -0.2) is 15.5 Å². The second-order valence-corrected chi connectivity index (χ2v) is 7.76. The molecule has 0 aliphatic rings. The Morgan fingerprint density at radius 3 is 2.52 bits per heavy atom. The Labute approximate surface area is 193 Å². The monoisotopic (exact) mass is 493 g/mol. The summed E-state index contributed by atoms with van der Waals surface area (Å²) in [5.74, 6) is -1.19. The van der Waals surface area contributed by atoms with Gasteiger partial charge in [-0.25, -0.2) is 4.39 Å². The quantitative estimate of drug-likeness (QED) is 0.267. The minimum Gasteiger partial charge on any atom is -0.331 e. The van der Waals surface area contributed by atoms with Crippen LogP contribution in [-0.2, 0) is 6.18 Å². The number of aromatic nitrogens is 2. The lowest BCUT2D eigenvalue weighted by molar-refractivity contribution is -0.137. The molecular weight excluding hydrogens is 482 g/mol. The van der Waals surface area contributed by atoms with E-state index < -0.39 is 29.0 Å². The lowest BCUT2D eigenvalue weighted by Gasteiger charge is -2.12. The highest BCUT2D eigenvalue weighted by molar-refractivity contribution is 7.71. The number of halogens is 5. The number of nitrogens with zero attached hydrogens (tertiary/aromatic N) is 1. The number of hydrogen-bond acceptors (Lipinski definition) is 3.